The van der Waals surface area contributed by atoms with Crippen LogP contribution in [0.3, 0.4) is 0 Å². The zero-order chi connectivity index (χ0) is 16.4. The van der Waals surface area contributed by atoms with Crippen LogP contribution < -0.4 is 5.73 Å². The predicted octanol–water partition coefficient (Wildman–Crippen LogP) is 5.94. The Hall–Kier alpha value is -2.54. The van der Waals surface area contributed by atoms with E-state index < -0.39 is 0 Å². The summed E-state index contributed by atoms with van der Waals surface area (Å²) in [6.07, 6.45) is 9.33. The highest BCUT2D eigenvalue weighted by molar-refractivity contribution is 5.90. The van der Waals surface area contributed by atoms with Gasteiger partial charge in [-0.15, -0.1) is 0 Å². The van der Waals surface area contributed by atoms with E-state index in [0.29, 0.717) is 5.92 Å². The molecule has 1 aliphatic carbocycles. The van der Waals surface area contributed by atoms with E-state index in [0.717, 1.165) is 23.2 Å². The Morgan fingerprint density at radius 1 is 1.09 bits per heavy atom. The maximum Gasteiger partial charge on any atom is 0.0438 e. The number of allylic oxidation sites excluding steroid dienone is 5. The molecule has 0 saturated heterocycles. The molecule has 0 amide bonds. The quantitative estimate of drug-likeness (QED) is 0.422. The van der Waals surface area contributed by atoms with Gasteiger partial charge < -0.3 is 5.73 Å². The molecule has 1 unspecified atom stereocenters. The van der Waals surface area contributed by atoms with Crippen molar-refractivity contribution in [3.63, 3.8) is 0 Å². The lowest BCUT2D eigenvalue weighted by Gasteiger charge is -2.16. The first-order valence-corrected chi connectivity index (χ1v) is 8.13. The van der Waals surface area contributed by atoms with Gasteiger partial charge in [0.1, 0.15) is 0 Å². The fourth-order valence-electron chi connectivity index (χ4n) is 3.54. The van der Waals surface area contributed by atoms with Crippen molar-refractivity contribution in [2.45, 2.75) is 26.2 Å². The lowest BCUT2D eigenvalue weighted by Crippen LogP contribution is -2.03. The van der Waals surface area contributed by atoms with E-state index in [1.165, 1.54) is 22.3 Å². The van der Waals surface area contributed by atoms with Crippen LogP contribution in [-0.4, -0.2) is 0 Å². The van der Waals surface area contributed by atoms with Gasteiger partial charge in [0.05, 0.1) is 0 Å². The summed E-state index contributed by atoms with van der Waals surface area (Å²) in [4.78, 5) is 0. The predicted molar refractivity (Wildman–Crippen MR) is 101 cm³/mol. The highest BCUT2D eigenvalue weighted by atomic mass is 14.6. The van der Waals surface area contributed by atoms with Crippen LogP contribution >= 0.6 is 0 Å². The van der Waals surface area contributed by atoms with E-state index in [4.69, 9.17) is 5.73 Å². The van der Waals surface area contributed by atoms with Crippen LogP contribution in [-0.2, 0) is 0 Å². The Bertz CT molecular complexity index is 809. The van der Waals surface area contributed by atoms with Crippen molar-refractivity contribution in [2.75, 3.05) is 5.73 Å². The van der Waals surface area contributed by atoms with E-state index >= 15 is 0 Å². The van der Waals surface area contributed by atoms with Gasteiger partial charge in [0, 0.05) is 17.2 Å². The van der Waals surface area contributed by atoms with Crippen molar-refractivity contribution in [2.24, 2.45) is 0 Å². The van der Waals surface area contributed by atoms with Gasteiger partial charge in [0.25, 0.3) is 0 Å². The molecule has 0 bridgehead atoms. The number of rotatable bonds is 4. The van der Waals surface area contributed by atoms with Crippen molar-refractivity contribution in [1.29, 1.82) is 0 Å². The molecule has 2 N–H and O–H groups in total. The van der Waals surface area contributed by atoms with Gasteiger partial charge in [0.2, 0.25) is 0 Å². The van der Waals surface area contributed by atoms with Crippen molar-refractivity contribution < 1.29 is 0 Å². The van der Waals surface area contributed by atoms with Crippen LogP contribution in [0.2, 0.25) is 0 Å². The molecule has 0 spiro atoms. The number of fused-ring (bicyclic) bond motifs is 3. The number of benzene rings is 2. The third-order valence-electron chi connectivity index (χ3n) is 4.58. The van der Waals surface area contributed by atoms with Crippen LogP contribution in [0.5, 0.6) is 0 Å². The highest BCUT2D eigenvalue weighted by Gasteiger charge is 2.30. The van der Waals surface area contributed by atoms with Crippen LogP contribution in [0.15, 0.2) is 67.3 Å². The van der Waals surface area contributed by atoms with Crippen LogP contribution in [0.1, 0.15) is 42.9 Å². The Balaban J connectivity index is 2.20. The first-order chi connectivity index (χ1) is 11.2. The summed E-state index contributed by atoms with van der Waals surface area (Å²) < 4.78 is 0. The van der Waals surface area contributed by atoms with Crippen molar-refractivity contribution in [1.82, 2.24) is 0 Å². The monoisotopic (exact) mass is 301 g/mol. The highest BCUT2D eigenvalue weighted by Crippen LogP contribution is 2.50. The first kappa shape index (κ1) is 15.4. The molecule has 1 atom stereocenters. The second kappa shape index (κ2) is 6.29. The summed E-state index contributed by atoms with van der Waals surface area (Å²) >= 11 is 0. The molecule has 2 aromatic rings. The largest absolute Gasteiger partial charge is 0.398 e. The molecule has 23 heavy (non-hydrogen) atoms. The molecule has 0 aliphatic heterocycles. The van der Waals surface area contributed by atoms with Crippen LogP contribution in [0, 0.1) is 0 Å². The average Bonchev–Trinajstić information content (AvgIpc) is 2.88. The van der Waals surface area contributed by atoms with Crippen molar-refractivity contribution in [3.8, 4) is 11.1 Å². The van der Waals surface area contributed by atoms with E-state index in [9.17, 15) is 0 Å². The molecule has 0 heterocycles. The van der Waals surface area contributed by atoms with Gasteiger partial charge >= 0.3 is 0 Å². The zero-order valence-electron chi connectivity index (χ0n) is 13.8. The van der Waals surface area contributed by atoms with Crippen molar-refractivity contribution in [3.05, 3.63) is 84.0 Å². The van der Waals surface area contributed by atoms with E-state index in [1.54, 1.807) is 0 Å². The molecule has 1 nitrogen and oxygen atoms in total. The number of hydrogen-bond donors (Lipinski definition) is 1. The van der Waals surface area contributed by atoms with E-state index in [-0.39, 0.29) is 0 Å². The fourth-order valence-corrected chi connectivity index (χ4v) is 3.54. The van der Waals surface area contributed by atoms with Crippen LogP contribution in [0.25, 0.3) is 16.7 Å². The molecule has 0 aromatic heterocycles. The molecule has 3 rings (SSSR count). The molecule has 1 aliphatic rings. The summed E-state index contributed by atoms with van der Waals surface area (Å²) in [5.74, 6) is 0.329. The Labute approximate surface area is 138 Å². The molecule has 0 radical (unpaired) electrons. The van der Waals surface area contributed by atoms with Gasteiger partial charge in [0.15, 0.2) is 0 Å². The Morgan fingerprint density at radius 3 is 2.61 bits per heavy atom. The molecule has 0 saturated carbocycles. The second-order valence-electron chi connectivity index (χ2n) is 5.96. The average molecular weight is 301 g/mol. The second-order valence-corrected chi connectivity index (χ2v) is 5.96. The lowest BCUT2D eigenvalue weighted by molar-refractivity contribution is 0.855. The molecular weight excluding hydrogens is 278 g/mol. The smallest absolute Gasteiger partial charge is 0.0438 e. The van der Waals surface area contributed by atoms with Gasteiger partial charge in [-0.3, -0.25) is 0 Å². The standard InChI is InChI=1S/C22H23N/c1-4-6-10-19-17-11-7-8-12-18(17)20-14-13-16(15(3)9-5-2)22(23)21(19)20/h4-9,11-14,19H,3,10,23H2,1-2H3/b6-4-,9-5-. The zero-order valence-corrected chi connectivity index (χ0v) is 13.8. The minimum Gasteiger partial charge on any atom is -0.398 e. The topological polar surface area (TPSA) is 26.0 Å². The van der Waals surface area contributed by atoms with Gasteiger partial charge in [-0.25, -0.2) is 0 Å². The van der Waals surface area contributed by atoms with Gasteiger partial charge in [-0.1, -0.05) is 67.3 Å². The molecular formula is C22H23N. The summed E-state index contributed by atoms with van der Waals surface area (Å²) in [6, 6.07) is 12.9. The maximum atomic E-state index is 6.59. The molecule has 116 valence electrons. The summed E-state index contributed by atoms with van der Waals surface area (Å²) in [5.41, 5.74) is 14.7. The SMILES string of the molecule is C=C(/C=C\C)c1ccc2c(c1N)C(C/C=C\C)c1ccccc1-2. The first-order valence-electron chi connectivity index (χ1n) is 8.13. The normalized spacial score (nSPS) is 16.0. The van der Waals surface area contributed by atoms with Gasteiger partial charge in [-0.05, 0) is 48.1 Å². The number of nitrogen functional groups attached to an aromatic ring is 1. The summed E-state index contributed by atoms with van der Waals surface area (Å²) in [6.45, 7) is 8.22. The maximum absolute atomic E-state index is 6.59. The number of anilines is 1. The number of hydrogen-bond acceptors (Lipinski definition) is 1. The van der Waals surface area contributed by atoms with Crippen LogP contribution in [0.4, 0.5) is 5.69 Å². The minimum atomic E-state index is 0.329. The molecule has 2 aromatic carbocycles. The minimum absolute atomic E-state index is 0.329. The fraction of sp³-hybridized carbons (Fsp3) is 0.182. The molecule has 1 heteroatoms. The Kier molecular flexibility index (Phi) is 4.20. The molecule has 0 fully saturated rings. The van der Waals surface area contributed by atoms with E-state index in [2.05, 4.69) is 62.1 Å². The van der Waals surface area contributed by atoms with E-state index in [1.807, 2.05) is 19.1 Å². The van der Waals surface area contributed by atoms with Gasteiger partial charge in [-0.2, -0.15) is 0 Å². The third kappa shape index (κ3) is 2.53. The summed E-state index contributed by atoms with van der Waals surface area (Å²) in [5, 5.41) is 0. The van der Waals surface area contributed by atoms with Crippen molar-refractivity contribution >= 4 is 11.3 Å². The third-order valence-corrected chi connectivity index (χ3v) is 4.58. The number of nitrogens with two attached hydrogens (primary N) is 1. The summed E-state index contributed by atoms with van der Waals surface area (Å²) in [7, 11) is 0. The lowest BCUT2D eigenvalue weighted by atomic mass is 9.89. The Morgan fingerprint density at radius 2 is 1.87 bits per heavy atom.